The molecule has 0 aliphatic carbocycles. The number of fused-ring (bicyclic) bond motifs is 1. The average molecular weight is 251 g/mol. The molecule has 0 fully saturated rings. The van der Waals surface area contributed by atoms with E-state index in [1.807, 2.05) is 0 Å². The predicted octanol–water partition coefficient (Wildman–Crippen LogP) is 4.18. The highest BCUT2D eigenvalue weighted by molar-refractivity contribution is 5.42. The summed E-state index contributed by atoms with van der Waals surface area (Å²) in [6, 6.07) is 18.1. The summed E-state index contributed by atoms with van der Waals surface area (Å²) >= 11 is 0. The molecule has 1 aliphatic heterocycles. The molecule has 3 rings (SSSR count). The van der Waals surface area contributed by atoms with Crippen LogP contribution in [-0.2, 0) is 12.0 Å². The van der Waals surface area contributed by atoms with Gasteiger partial charge in [0.25, 0.3) is 0 Å². The average Bonchev–Trinajstić information content (AvgIpc) is 2.82. The van der Waals surface area contributed by atoms with Crippen LogP contribution in [0.5, 0.6) is 0 Å². The summed E-state index contributed by atoms with van der Waals surface area (Å²) in [5.74, 6) is 0. The minimum Gasteiger partial charge on any atom is -0.302 e. The Bertz CT molecular complexity index is 575. The summed E-state index contributed by atoms with van der Waals surface area (Å²) in [7, 11) is 0. The molecule has 1 aliphatic rings. The van der Waals surface area contributed by atoms with Gasteiger partial charge in [0.05, 0.1) is 6.04 Å². The maximum absolute atomic E-state index is 3.60. The maximum atomic E-state index is 3.60. The molecule has 0 saturated heterocycles. The molecule has 1 unspecified atom stereocenters. The third-order valence-electron chi connectivity index (χ3n) is 3.97. The van der Waals surface area contributed by atoms with Crippen LogP contribution in [0.4, 0.5) is 0 Å². The highest BCUT2D eigenvalue weighted by Crippen LogP contribution is 2.32. The summed E-state index contributed by atoms with van der Waals surface area (Å²) in [5, 5.41) is 3.60. The van der Waals surface area contributed by atoms with Crippen molar-refractivity contribution in [2.45, 2.75) is 38.8 Å². The topological polar surface area (TPSA) is 12.0 Å². The Morgan fingerprint density at radius 2 is 1.63 bits per heavy atom. The molecule has 0 spiro atoms. The van der Waals surface area contributed by atoms with Crippen molar-refractivity contribution in [1.29, 1.82) is 0 Å². The second kappa shape index (κ2) is 4.50. The minimum atomic E-state index is 0.222. The van der Waals surface area contributed by atoms with Gasteiger partial charge in [0.15, 0.2) is 0 Å². The van der Waals surface area contributed by atoms with E-state index in [-0.39, 0.29) is 5.41 Å². The molecule has 1 atom stereocenters. The van der Waals surface area contributed by atoms with Crippen LogP contribution >= 0.6 is 0 Å². The molecule has 98 valence electrons. The molecule has 0 bridgehead atoms. The molecule has 0 amide bonds. The molecule has 1 heteroatoms. The van der Waals surface area contributed by atoms with Crippen LogP contribution in [-0.4, -0.2) is 0 Å². The predicted molar refractivity (Wildman–Crippen MR) is 80.3 cm³/mol. The summed E-state index contributed by atoms with van der Waals surface area (Å²) in [4.78, 5) is 0. The summed E-state index contributed by atoms with van der Waals surface area (Å²) in [6.07, 6.45) is 0. The van der Waals surface area contributed by atoms with Crippen molar-refractivity contribution in [3.63, 3.8) is 0 Å². The summed E-state index contributed by atoms with van der Waals surface area (Å²) < 4.78 is 0. The van der Waals surface area contributed by atoms with E-state index in [1.165, 1.54) is 22.3 Å². The zero-order valence-electron chi connectivity index (χ0n) is 11.9. The smallest absolute Gasteiger partial charge is 0.0582 e. The number of hydrogen-bond donors (Lipinski definition) is 1. The van der Waals surface area contributed by atoms with Crippen LogP contribution < -0.4 is 5.32 Å². The Balaban J connectivity index is 1.93. The van der Waals surface area contributed by atoms with E-state index in [0.29, 0.717) is 6.04 Å². The SMILES string of the molecule is CC(C)(C)c1ccc(C2NCc3ccccc32)cc1. The van der Waals surface area contributed by atoms with E-state index in [2.05, 4.69) is 74.6 Å². The monoisotopic (exact) mass is 251 g/mol. The van der Waals surface area contributed by atoms with E-state index in [9.17, 15) is 0 Å². The highest BCUT2D eigenvalue weighted by atomic mass is 14.9. The molecular weight excluding hydrogens is 230 g/mol. The molecule has 1 nitrogen and oxygen atoms in total. The normalized spacial score (nSPS) is 18.4. The van der Waals surface area contributed by atoms with Gasteiger partial charge in [-0.25, -0.2) is 0 Å². The van der Waals surface area contributed by atoms with E-state index in [0.717, 1.165) is 6.54 Å². The number of benzene rings is 2. The fourth-order valence-corrected chi connectivity index (χ4v) is 2.77. The zero-order chi connectivity index (χ0) is 13.5. The molecule has 0 aromatic heterocycles. The van der Waals surface area contributed by atoms with Gasteiger partial charge in [-0.1, -0.05) is 69.3 Å². The number of nitrogens with one attached hydrogen (secondary N) is 1. The Hall–Kier alpha value is -1.60. The van der Waals surface area contributed by atoms with Gasteiger partial charge >= 0.3 is 0 Å². The van der Waals surface area contributed by atoms with E-state index >= 15 is 0 Å². The second-order valence-electron chi connectivity index (χ2n) is 6.38. The lowest BCUT2D eigenvalue weighted by Crippen LogP contribution is -2.15. The molecule has 2 aromatic rings. The molecule has 1 N–H and O–H groups in total. The third-order valence-corrected chi connectivity index (χ3v) is 3.97. The van der Waals surface area contributed by atoms with Crippen LogP contribution in [0.3, 0.4) is 0 Å². The molecule has 0 saturated carbocycles. The van der Waals surface area contributed by atoms with Gasteiger partial charge < -0.3 is 5.32 Å². The minimum absolute atomic E-state index is 0.222. The van der Waals surface area contributed by atoms with Crippen LogP contribution in [0.1, 0.15) is 49.1 Å². The second-order valence-corrected chi connectivity index (χ2v) is 6.38. The van der Waals surface area contributed by atoms with Crippen molar-refractivity contribution in [2.75, 3.05) is 0 Å². The number of rotatable bonds is 1. The van der Waals surface area contributed by atoms with Crippen molar-refractivity contribution in [3.05, 3.63) is 70.8 Å². The Morgan fingerprint density at radius 1 is 0.947 bits per heavy atom. The van der Waals surface area contributed by atoms with E-state index < -0.39 is 0 Å². The van der Waals surface area contributed by atoms with Crippen molar-refractivity contribution >= 4 is 0 Å². The van der Waals surface area contributed by atoms with Crippen molar-refractivity contribution in [2.24, 2.45) is 0 Å². The van der Waals surface area contributed by atoms with Gasteiger partial charge in [0, 0.05) is 6.54 Å². The van der Waals surface area contributed by atoms with Crippen LogP contribution in [0, 0.1) is 0 Å². The lowest BCUT2D eigenvalue weighted by molar-refractivity contribution is 0.589. The van der Waals surface area contributed by atoms with Gasteiger partial charge in [-0.2, -0.15) is 0 Å². The third kappa shape index (κ3) is 2.31. The Labute approximate surface area is 115 Å². The molecule has 2 aromatic carbocycles. The lowest BCUT2D eigenvalue weighted by Gasteiger charge is -2.20. The molecular formula is C18H21N. The van der Waals surface area contributed by atoms with Gasteiger partial charge in [-0.15, -0.1) is 0 Å². The first kappa shape index (κ1) is 12.4. The molecule has 19 heavy (non-hydrogen) atoms. The molecule has 1 heterocycles. The molecule has 0 radical (unpaired) electrons. The Kier molecular flexibility index (Phi) is 2.94. The first-order valence-corrected chi connectivity index (χ1v) is 6.97. The zero-order valence-corrected chi connectivity index (χ0v) is 11.9. The number of hydrogen-bond acceptors (Lipinski definition) is 1. The van der Waals surface area contributed by atoms with Crippen LogP contribution in [0.25, 0.3) is 0 Å². The first-order chi connectivity index (χ1) is 9.05. The van der Waals surface area contributed by atoms with E-state index in [1.54, 1.807) is 0 Å². The van der Waals surface area contributed by atoms with Gasteiger partial charge in [0.2, 0.25) is 0 Å². The summed E-state index contributed by atoms with van der Waals surface area (Å²) in [6.45, 7) is 7.74. The summed E-state index contributed by atoms with van der Waals surface area (Å²) in [5.41, 5.74) is 5.82. The maximum Gasteiger partial charge on any atom is 0.0582 e. The van der Waals surface area contributed by atoms with Crippen LogP contribution in [0.2, 0.25) is 0 Å². The quantitative estimate of drug-likeness (QED) is 0.802. The first-order valence-electron chi connectivity index (χ1n) is 6.97. The highest BCUT2D eigenvalue weighted by Gasteiger charge is 2.23. The van der Waals surface area contributed by atoms with Crippen LogP contribution in [0.15, 0.2) is 48.5 Å². The Morgan fingerprint density at radius 3 is 2.32 bits per heavy atom. The van der Waals surface area contributed by atoms with Crippen molar-refractivity contribution < 1.29 is 0 Å². The van der Waals surface area contributed by atoms with Crippen molar-refractivity contribution in [3.8, 4) is 0 Å². The fourth-order valence-electron chi connectivity index (χ4n) is 2.77. The van der Waals surface area contributed by atoms with E-state index in [4.69, 9.17) is 0 Å². The largest absolute Gasteiger partial charge is 0.302 e. The standard InChI is InChI=1S/C18H21N/c1-18(2,3)15-10-8-13(9-11-15)17-16-7-5-4-6-14(16)12-19-17/h4-11,17,19H,12H2,1-3H3. The lowest BCUT2D eigenvalue weighted by atomic mass is 9.86. The van der Waals surface area contributed by atoms with Gasteiger partial charge in [-0.3, -0.25) is 0 Å². The van der Waals surface area contributed by atoms with Gasteiger partial charge in [0.1, 0.15) is 0 Å². The van der Waals surface area contributed by atoms with Crippen molar-refractivity contribution in [1.82, 2.24) is 5.32 Å². The van der Waals surface area contributed by atoms with Gasteiger partial charge in [-0.05, 0) is 27.7 Å². The fraction of sp³-hybridized carbons (Fsp3) is 0.333.